The number of benzene rings is 2. The summed E-state index contributed by atoms with van der Waals surface area (Å²) in [7, 11) is 0. The highest BCUT2D eigenvalue weighted by Crippen LogP contribution is 2.35. The van der Waals surface area contributed by atoms with E-state index in [9.17, 15) is 4.79 Å². The fraction of sp³-hybridized carbons (Fsp3) is 0. The molecule has 126 valence electrons. The van der Waals surface area contributed by atoms with E-state index >= 15 is 0 Å². The second-order valence-corrected chi connectivity index (χ2v) is 6.62. The fourth-order valence-electron chi connectivity index (χ4n) is 2.58. The number of hydrogen-bond acceptors (Lipinski definition) is 4. The van der Waals surface area contributed by atoms with Crippen LogP contribution in [0.25, 0.3) is 21.0 Å². The summed E-state index contributed by atoms with van der Waals surface area (Å²) in [4.78, 5) is 22.5. The van der Waals surface area contributed by atoms with E-state index < -0.39 is 0 Å². The molecule has 2 aromatic carbocycles. The zero-order valence-corrected chi connectivity index (χ0v) is 14.6. The zero-order chi connectivity index (χ0) is 17.8. The van der Waals surface area contributed by atoms with Crippen molar-refractivity contribution in [1.82, 2.24) is 9.97 Å². The van der Waals surface area contributed by atoms with Gasteiger partial charge in [0.05, 0.1) is 4.88 Å². The van der Waals surface area contributed by atoms with E-state index in [4.69, 9.17) is 0 Å². The SMILES string of the molecule is O=C(Nc1ccccc1)c1nc(-c2cccnc2)sc1-c1ccccc1. The Kier molecular flexibility index (Phi) is 4.53. The number of para-hydroxylation sites is 1. The molecular formula is C21H15N3OS. The summed E-state index contributed by atoms with van der Waals surface area (Å²) < 4.78 is 0. The molecule has 1 N–H and O–H groups in total. The van der Waals surface area contributed by atoms with Crippen molar-refractivity contribution in [2.45, 2.75) is 0 Å². The average molecular weight is 357 g/mol. The molecule has 0 bridgehead atoms. The Morgan fingerprint density at radius 2 is 1.54 bits per heavy atom. The van der Waals surface area contributed by atoms with E-state index in [2.05, 4.69) is 15.3 Å². The molecule has 0 aliphatic heterocycles. The smallest absolute Gasteiger partial charge is 0.275 e. The van der Waals surface area contributed by atoms with Crippen LogP contribution in [0, 0.1) is 0 Å². The molecule has 0 saturated carbocycles. The molecule has 26 heavy (non-hydrogen) atoms. The number of carbonyl (C=O) groups is 1. The zero-order valence-electron chi connectivity index (χ0n) is 13.8. The Morgan fingerprint density at radius 3 is 2.23 bits per heavy atom. The van der Waals surface area contributed by atoms with Crippen LogP contribution >= 0.6 is 11.3 Å². The maximum atomic E-state index is 12.9. The Labute approximate surface area is 155 Å². The van der Waals surface area contributed by atoms with Gasteiger partial charge < -0.3 is 5.32 Å². The van der Waals surface area contributed by atoms with Crippen molar-refractivity contribution < 1.29 is 4.79 Å². The van der Waals surface area contributed by atoms with E-state index in [1.807, 2.05) is 72.8 Å². The second kappa shape index (κ2) is 7.29. The third kappa shape index (κ3) is 3.38. The van der Waals surface area contributed by atoms with Crippen molar-refractivity contribution >= 4 is 22.9 Å². The first-order chi connectivity index (χ1) is 12.8. The highest BCUT2D eigenvalue weighted by atomic mass is 32.1. The second-order valence-electron chi connectivity index (χ2n) is 5.62. The minimum absolute atomic E-state index is 0.221. The van der Waals surface area contributed by atoms with Crippen molar-refractivity contribution in [2.75, 3.05) is 5.32 Å². The van der Waals surface area contributed by atoms with Gasteiger partial charge in [0.15, 0.2) is 0 Å². The maximum absolute atomic E-state index is 12.9. The Balaban J connectivity index is 1.77. The molecule has 0 fully saturated rings. The average Bonchev–Trinajstić information content (AvgIpc) is 3.16. The third-order valence-electron chi connectivity index (χ3n) is 3.82. The number of rotatable bonds is 4. The van der Waals surface area contributed by atoms with Gasteiger partial charge in [0, 0.05) is 23.6 Å². The van der Waals surface area contributed by atoms with Gasteiger partial charge in [-0.3, -0.25) is 9.78 Å². The van der Waals surface area contributed by atoms with Gasteiger partial charge in [-0.05, 0) is 29.8 Å². The molecule has 2 aromatic heterocycles. The van der Waals surface area contributed by atoms with Crippen LogP contribution in [-0.2, 0) is 0 Å². The molecule has 0 aliphatic carbocycles. The van der Waals surface area contributed by atoms with Crippen LogP contribution < -0.4 is 5.32 Å². The molecule has 0 saturated heterocycles. The van der Waals surface area contributed by atoms with Crippen molar-refractivity contribution in [3.63, 3.8) is 0 Å². The van der Waals surface area contributed by atoms with E-state index in [1.165, 1.54) is 11.3 Å². The first-order valence-electron chi connectivity index (χ1n) is 8.14. The number of carbonyl (C=O) groups excluding carboxylic acids is 1. The molecule has 0 unspecified atom stereocenters. The van der Waals surface area contributed by atoms with Gasteiger partial charge in [-0.25, -0.2) is 4.98 Å². The van der Waals surface area contributed by atoms with Crippen molar-refractivity contribution in [3.05, 3.63) is 90.9 Å². The monoisotopic (exact) mass is 357 g/mol. The standard InChI is InChI=1S/C21H15N3OS/c25-20(23-17-11-5-2-6-12-17)18-19(15-8-3-1-4-9-15)26-21(24-18)16-10-7-13-22-14-16/h1-14H,(H,23,25). The van der Waals surface area contributed by atoms with E-state index in [1.54, 1.807) is 12.4 Å². The number of anilines is 1. The first kappa shape index (κ1) is 16.2. The van der Waals surface area contributed by atoms with Crippen molar-refractivity contribution in [3.8, 4) is 21.0 Å². The molecule has 0 spiro atoms. The number of aromatic nitrogens is 2. The minimum atomic E-state index is -0.221. The number of thiazole rings is 1. The molecule has 1 amide bonds. The predicted octanol–water partition coefficient (Wildman–Crippen LogP) is 5.12. The number of amides is 1. The number of nitrogens with zero attached hydrogens (tertiary/aromatic N) is 2. The van der Waals surface area contributed by atoms with Crippen LogP contribution in [0.5, 0.6) is 0 Å². The lowest BCUT2D eigenvalue weighted by atomic mass is 10.1. The van der Waals surface area contributed by atoms with Crippen molar-refractivity contribution in [1.29, 1.82) is 0 Å². The highest BCUT2D eigenvalue weighted by molar-refractivity contribution is 7.18. The van der Waals surface area contributed by atoms with Gasteiger partial charge >= 0.3 is 0 Å². The lowest BCUT2D eigenvalue weighted by molar-refractivity contribution is 0.102. The summed E-state index contributed by atoms with van der Waals surface area (Å²) in [6.07, 6.45) is 3.48. The predicted molar refractivity (Wildman–Crippen MR) is 105 cm³/mol. The fourth-order valence-corrected chi connectivity index (χ4v) is 3.64. The molecule has 0 atom stereocenters. The van der Waals surface area contributed by atoms with E-state index in [0.29, 0.717) is 5.69 Å². The first-order valence-corrected chi connectivity index (χ1v) is 8.96. The topological polar surface area (TPSA) is 54.9 Å². The van der Waals surface area contributed by atoms with Crippen LogP contribution in [0.1, 0.15) is 10.5 Å². The molecule has 4 rings (SSSR count). The lowest BCUT2D eigenvalue weighted by Gasteiger charge is -2.05. The summed E-state index contributed by atoms with van der Waals surface area (Å²) in [6.45, 7) is 0. The Morgan fingerprint density at radius 1 is 0.846 bits per heavy atom. The number of pyridine rings is 1. The van der Waals surface area contributed by atoms with E-state index in [-0.39, 0.29) is 5.91 Å². The van der Waals surface area contributed by atoms with Gasteiger partial charge in [-0.2, -0.15) is 0 Å². The summed E-state index contributed by atoms with van der Waals surface area (Å²) in [5, 5.41) is 3.70. The molecule has 4 nitrogen and oxygen atoms in total. The highest BCUT2D eigenvalue weighted by Gasteiger charge is 2.20. The minimum Gasteiger partial charge on any atom is -0.321 e. The van der Waals surface area contributed by atoms with Crippen molar-refractivity contribution in [2.24, 2.45) is 0 Å². The number of hydrogen-bond donors (Lipinski definition) is 1. The van der Waals surface area contributed by atoms with Crippen LogP contribution in [0.3, 0.4) is 0 Å². The number of nitrogens with one attached hydrogen (secondary N) is 1. The summed E-state index contributed by atoms with van der Waals surface area (Å²) in [5.41, 5.74) is 3.03. The van der Waals surface area contributed by atoms with Gasteiger partial charge in [0.1, 0.15) is 10.7 Å². The Bertz CT molecular complexity index is 1020. The molecule has 0 aliphatic rings. The van der Waals surface area contributed by atoms with Crippen LogP contribution in [0.15, 0.2) is 85.2 Å². The summed E-state index contributed by atoms with van der Waals surface area (Å²) >= 11 is 1.49. The quantitative estimate of drug-likeness (QED) is 0.551. The van der Waals surface area contributed by atoms with Gasteiger partial charge in [0.2, 0.25) is 0 Å². The van der Waals surface area contributed by atoms with Crippen LogP contribution in [0.4, 0.5) is 5.69 Å². The third-order valence-corrected chi connectivity index (χ3v) is 4.97. The Hall–Kier alpha value is -3.31. The van der Waals surface area contributed by atoms with E-state index in [0.717, 1.165) is 26.7 Å². The molecule has 2 heterocycles. The normalized spacial score (nSPS) is 10.5. The van der Waals surface area contributed by atoms with Gasteiger partial charge in [0.25, 0.3) is 5.91 Å². The van der Waals surface area contributed by atoms with Gasteiger partial charge in [-0.1, -0.05) is 48.5 Å². The maximum Gasteiger partial charge on any atom is 0.275 e. The molecule has 0 radical (unpaired) electrons. The largest absolute Gasteiger partial charge is 0.321 e. The summed E-state index contributed by atoms with van der Waals surface area (Å²) in [6, 6.07) is 23.0. The molecular weight excluding hydrogens is 342 g/mol. The molecule has 5 heteroatoms. The summed E-state index contributed by atoms with van der Waals surface area (Å²) in [5.74, 6) is -0.221. The van der Waals surface area contributed by atoms with Gasteiger partial charge in [-0.15, -0.1) is 11.3 Å². The molecule has 4 aromatic rings. The van der Waals surface area contributed by atoms with Crippen LogP contribution in [-0.4, -0.2) is 15.9 Å². The lowest BCUT2D eigenvalue weighted by Crippen LogP contribution is -2.13. The van der Waals surface area contributed by atoms with Crippen LogP contribution in [0.2, 0.25) is 0 Å².